The van der Waals surface area contributed by atoms with Crippen LogP contribution < -0.4 is 14.9 Å². The Balaban J connectivity index is 1.30. The normalized spacial score (nSPS) is 11.2. The average molecular weight is 548 g/mol. The molecule has 4 aromatic rings. The Morgan fingerprint density at radius 3 is 2.05 bits per heavy atom. The van der Waals surface area contributed by atoms with Gasteiger partial charge in [0.25, 0.3) is 15.9 Å². The summed E-state index contributed by atoms with van der Waals surface area (Å²) in [6.07, 6.45) is 1.44. The summed E-state index contributed by atoms with van der Waals surface area (Å²) in [6, 6.07) is 25.4. The first kappa shape index (κ1) is 26.6. The number of anilines is 1. The molecule has 0 aliphatic rings. The Hall–Kier alpha value is -4.47. The summed E-state index contributed by atoms with van der Waals surface area (Å²) < 4.78 is 32.9. The summed E-state index contributed by atoms with van der Waals surface area (Å²) in [5, 5.41) is 4.46. The predicted molar refractivity (Wildman–Crippen MR) is 146 cm³/mol. The minimum Gasteiger partial charge on any atom is -0.423 e. The van der Waals surface area contributed by atoms with E-state index in [-0.39, 0.29) is 4.90 Å². The summed E-state index contributed by atoms with van der Waals surface area (Å²) >= 11 is 5.83. The largest absolute Gasteiger partial charge is 0.423 e. The molecule has 4 rings (SSSR count). The summed E-state index contributed by atoms with van der Waals surface area (Å²) in [5.74, 6) is -0.628. The molecule has 0 aromatic heterocycles. The van der Waals surface area contributed by atoms with Gasteiger partial charge in [0.1, 0.15) is 5.75 Å². The number of benzene rings is 4. The van der Waals surface area contributed by atoms with E-state index in [1.54, 1.807) is 60.7 Å². The highest BCUT2D eigenvalue weighted by molar-refractivity contribution is 7.92. The van der Waals surface area contributed by atoms with Crippen LogP contribution in [0.5, 0.6) is 5.75 Å². The molecule has 0 saturated heterocycles. The van der Waals surface area contributed by atoms with Gasteiger partial charge in [-0.3, -0.25) is 9.52 Å². The zero-order valence-electron chi connectivity index (χ0n) is 20.1. The standard InChI is InChI=1S/C28H22ClN3O5S/c1-19-2-16-26(17-3-19)38(35,36)32-24-12-8-21(9-13-24)27(33)31-30-18-20-4-14-25(15-5-20)37-28(34)22-6-10-23(29)11-7-22/h2-18,32H,1H3,(H,31,33)/b30-18-. The molecule has 8 nitrogen and oxygen atoms in total. The van der Waals surface area contributed by atoms with Crippen molar-refractivity contribution in [3.8, 4) is 5.75 Å². The van der Waals surface area contributed by atoms with Crippen molar-refractivity contribution >= 4 is 45.4 Å². The predicted octanol–water partition coefficient (Wildman–Crippen LogP) is 5.43. The van der Waals surface area contributed by atoms with Gasteiger partial charge in [0, 0.05) is 16.3 Å². The molecule has 0 spiro atoms. The Kier molecular flexibility index (Phi) is 8.20. The molecule has 0 radical (unpaired) electrons. The molecular weight excluding hydrogens is 526 g/mol. The maximum Gasteiger partial charge on any atom is 0.343 e. The van der Waals surface area contributed by atoms with E-state index in [1.165, 1.54) is 42.6 Å². The molecule has 0 heterocycles. The number of ether oxygens (including phenoxy) is 1. The lowest BCUT2D eigenvalue weighted by molar-refractivity contribution is 0.0734. The van der Waals surface area contributed by atoms with Crippen molar-refractivity contribution in [2.24, 2.45) is 5.10 Å². The number of halogens is 1. The molecule has 192 valence electrons. The first-order valence-electron chi connectivity index (χ1n) is 11.3. The highest BCUT2D eigenvalue weighted by atomic mass is 35.5. The molecule has 0 unspecified atom stereocenters. The number of nitrogens with one attached hydrogen (secondary N) is 2. The second-order valence-electron chi connectivity index (χ2n) is 8.16. The van der Waals surface area contributed by atoms with Crippen LogP contribution in [0.2, 0.25) is 5.02 Å². The molecule has 0 fully saturated rings. The zero-order chi connectivity index (χ0) is 27.1. The van der Waals surface area contributed by atoms with Crippen molar-refractivity contribution < 1.29 is 22.7 Å². The Morgan fingerprint density at radius 1 is 0.816 bits per heavy atom. The van der Waals surface area contributed by atoms with E-state index in [4.69, 9.17) is 16.3 Å². The second kappa shape index (κ2) is 11.7. The van der Waals surface area contributed by atoms with Gasteiger partial charge in [0.2, 0.25) is 0 Å². The van der Waals surface area contributed by atoms with Crippen LogP contribution >= 0.6 is 11.6 Å². The van der Waals surface area contributed by atoms with E-state index >= 15 is 0 Å². The lowest BCUT2D eigenvalue weighted by Crippen LogP contribution is -2.18. The molecule has 38 heavy (non-hydrogen) atoms. The monoisotopic (exact) mass is 547 g/mol. The van der Waals surface area contributed by atoms with Gasteiger partial charge in [-0.1, -0.05) is 29.3 Å². The molecule has 10 heteroatoms. The molecule has 2 N–H and O–H groups in total. The zero-order valence-corrected chi connectivity index (χ0v) is 21.7. The van der Waals surface area contributed by atoms with Gasteiger partial charge in [0.05, 0.1) is 16.7 Å². The maximum absolute atomic E-state index is 12.5. The van der Waals surface area contributed by atoms with Crippen molar-refractivity contribution in [3.63, 3.8) is 0 Å². The molecule has 0 aliphatic carbocycles. The number of rotatable bonds is 8. The van der Waals surface area contributed by atoms with Crippen molar-refractivity contribution in [2.75, 3.05) is 4.72 Å². The van der Waals surface area contributed by atoms with Gasteiger partial charge in [-0.05, 0) is 97.4 Å². The van der Waals surface area contributed by atoms with Gasteiger partial charge < -0.3 is 4.74 Å². The van der Waals surface area contributed by atoms with Crippen LogP contribution in [-0.2, 0) is 10.0 Å². The van der Waals surface area contributed by atoms with Crippen LogP contribution in [-0.4, -0.2) is 26.5 Å². The Labute approximate surface area is 225 Å². The molecule has 1 amide bonds. The van der Waals surface area contributed by atoms with Crippen molar-refractivity contribution in [3.05, 3.63) is 124 Å². The third-order valence-corrected chi connectivity index (χ3v) is 6.93. The van der Waals surface area contributed by atoms with Crippen molar-refractivity contribution in [1.29, 1.82) is 0 Å². The molecule has 0 saturated carbocycles. The van der Waals surface area contributed by atoms with E-state index in [1.807, 2.05) is 6.92 Å². The Bertz CT molecular complexity index is 1570. The molecule has 0 atom stereocenters. The van der Waals surface area contributed by atoms with Crippen LogP contribution in [0.1, 0.15) is 31.8 Å². The fraction of sp³-hybridized carbons (Fsp3) is 0.0357. The number of hydrogen-bond acceptors (Lipinski definition) is 6. The molecule has 4 aromatic carbocycles. The summed E-state index contributed by atoms with van der Waals surface area (Å²) in [7, 11) is -3.74. The average Bonchev–Trinajstić information content (AvgIpc) is 2.90. The number of amides is 1. The van der Waals surface area contributed by atoms with Crippen LogP contribution in [0, 0.1) is 6.92 Å². The third kappa shape index (κ3) is 7.06. The van der Waals surface area contributed by atoms with E-state index in [9.17, 15) is 18.0 Å². The maximum atomic E-state index is 12.5. The fourth-order valence-corrected chi connectivity index (χ4v) is 4.41. The third-order valence-electron chi connectivity index (χ3n) is 5.28. The lowest BCUT2D eigenvalue weighted by Gasteiger charge is -2.09. The number of carbonyl (C=O) groups excluding carboxylic acids is 2. The number of carbonyl (C=O) groups is 2. The first-order chi connectivity index (χ1) is 18.2. The summed E-state index contributed by atoms with van der Waals surface area (Å²) in [5.41, 5.74) is 5.03. The molecule has 0 aliphatic heterocycles. The lowest BCUT2D eigenvalue weighted by atomic mass is 10.2. The van der Waals surface area contributed by atoms with E-state index in [0.717, 1.165) is 5.56 Å². The van der Waals surface area contributed by atoms with Crippen LogP contribution in [0.25, 0.3) is 0 Å². The topological polar surface area (TPSA) is 114 Å². The number of aryl methyl sites for hydroxylation is 1. The quantitative estimate of drug-likeness (QED) is 0.132. The second-order valence-corrected chi connectivity index (χ2v) is 10.3. The van der Waals surface area contributed by atoms with Gasteiger partial charge in [0.15, 0.2) is 0 Å². The van der Waals surface area contributed by atoms with Gasteiger partial charge in [-0.15, -0.1) is 0 Å². The van der Waals surface area contributed by atoms with Gasteiger partial charge in [-0.25, -0.2) is 18.6 Å². The number of hydrazone groups is 1. The highest BCUT2D eigenvalue weighted by Gasteiger charge is 2.14. The van der Waals surface area contributed by atoms with Gasteiger partial charge in [-0.2, -0.15) is 5.10 Å². The molecule has 0 bridgehead atoms. The van der Waals surface area contributed by atoms with E-state index < -0.39 is 21.9 Å². The number of hydrogen-bond donors (Lipinski definition) is 2. The summed E-state index contributed by atoms with van der Waals surface area (Å²) in [6.45, 7) is 1.87. The number of esters is 1. The number of sulfonamides is 1. The Morgan fingerprint density at radius 2 is 1.42 bits per heavy atom. The fourth-order valence-electron chi connectivity index (χ4n) is 3.22. The van der Waals surface area contributed by atoms with Crippen LogP contribution in [0.4, 0.5) is 5.69 Å². The highest BCUT2D eigenvalue weighted by Crippen LogP contribution is 2.18. The summed E-state index contributed by atoms with van der Waals surface area (Å²) in [4.78, 5) is 24.7. The smallest absolute Gasteiger partial charge is 0.343 e. The van der Waals surface area contributed by atoms with Crippen molar-refractivity contribution in [2.45, 2.75) is 11.8 Å². The molecular formula is C28H22ClN3O5S. The van der Waals surface area contributed by atoms with E-state index in [2.05, 4.69) is 15.2 Å². The van der Waals surface area contributed by atoms with E-state index in [0.29, 0.717) is 33.1 Å². The first-order valence-corrected chi connectivity index (χ1v) is 13.2. The van der Waals surface area contributed by atoms with Crippen LogP contribution in [0.15, 0.2) is 107 Å². The minimum absolute atomic E-state index is 0.145. The number of nitrogens with zero attached hydrogens (tertiary/aromatic N) is 1. The minimum atomic E-state index is -3.74. The van der Waals surface area contributed by atoms with Gasteiger partial charge >= 0.3 is 5.97 Å². The van der Waals surface area contributed by atoms with Crippen molar-refractivity contribution in [1.82, 2.24) is 5.43 Å². The van der Waals surface area contributed by atoms with Crippen LogP contribution in [0.3, 0.4) is 0 Å². The SMILES string of the molecule is Cc1ccc(S(=O)(=O)Nc2ccc(C(=O)N/N=C\c3ccc(OC(=O)c4ccc(Cl)cc4)cc3)cc2)cc1.